The van der Waals surface area contributed by atoms with Crippen molar-refractivity contribution >= 4 is 5.91 Å². The van der Waals surface area contributed by atoms with Crippen LogP contribution in [-0.4, -0.2) is 35.0 Å². The van der Waals surface area contributed by atoms with Crippen molar-refractivity contribution < 1.29 is 9.53 Å². The Kier molecular flexibility index (Phi) is 4.06. The highest BCUT2D eigenvalue weighted by Gasteiger charge is 2.32. The molecule has 1 aliphatic rings. The SMILES string of the molecule is C[C@H]1CN(C(=O)c2ccc(=O)[nH]c2)[C@H](c2ccccc2)CO1. The summed E-state index contributed by atoms with van der Waals surface area (Å²) in [5.41, 5.74) is 1.31. The number of aromatic amines is 1. The third-order valence-electron chi connectivity index (χ3n) is 3.84. The molecule has 114 valence electrons. The molecule has 22 heavy (non-hydrogen) atoms. The number of amides is 1. The molecule has 1 aromatic carbocycles. The second-order valence-electron chi connectivity index (χ2n) is 5.47. The van der Waals surface area contributed by atoms with E-state index in [9.17, 15) is 9.59 Å². The van der Waals surface area contributed by atoms with Crippen LogP contribution in [0, 0.1) is 0 Å². The zero-order chi connectivity index (χ0) is 15.5. The van der Waals surface area contributed by atoms with Gasteiger partial charge in [-0.3, -0.25) is 9.59 Å². The molecule has 0 saturated carbocycles. The number of carbonyl (C=O) groups is 1. The van der Waals surface area contributed by atoms with E-state index in [1.54, 1.807) is 6.07 Å². The van der Waals surface area contributed by atoms with Gasteiger partial charge in [-0.2, -0.15) is 0 Å². The fraction of sp³-hybridized carbons (Fsp3) is 0.294. The first kappa shape index (κ1) is 14.5. The monoisotopic (exact) mass is 298 g/mol. The van der Waals surface area contributed by atoms with Crippen molar-refractivity contribution in [2.45, 2.75) is 19.1 Å². The number of nitrogens with zero attached hydrogens (tertiary/aromatic N) is 1. The van der Waals surface area contributed by atoms with Crippen LogP contribution in [0.25, 0.3) is 0 Å². The van der Waals surface area contributed by atoms with Crippen molar-refractivity contribution in [3.05, 3.63) is 70.1 Å². The van der Waals surface area contributed by atoms with Gasteiger partial charge in [0.25, 0.3) is 5.91 Å². The minimum Gasteiger partial charge on any atom is -0.374 e. The van der Waals surface area contributed by atoms with E-state index in [0.29, 0.717) is 18.7 Å². The molecule has 0 bridgehead atoms. The predicted octanol–water partition coefficient (Wildman–Crippen LogP) is 1.98. The summed E-state index contributed by atoms with van der Waals surface area (Å²) < 4.78 is 5.73. The average Bonchev–Trinajstić information content (AvgIpc) is 2.55. The maximum atomic E-state index is 12.8. The first-order valence-corrected chi connectivity index (χ1v) is 7.31. The second-order valence-corrected chi connectivity index (χ2v) is 5.47. The van der Waals surface area contributed by atoms with Gasteiger partial charge in [-0.15, -0.1) is 0 Å². The Morgan fingerprint density at radius 1 is 1.23 bits per heavy atom. The molecule has 2 atom stereocenters. The standard InChI is InChI=1S/C17H18N2O3/c1-12-10-19(17(21)14-7-8-16(20)18-9-14)15(11-22-12)13-5-3-2-4-6-13/h2-9,12,15H,10-11H2,1H3,(H,18,20)/t12-,15-/m0/s1. The molecular formula is C17H18N2O3. The molecule has 1 saturated heterocycles. The predicted molar refractivity (Wildman–Crippen MR) is 82.7 cm³/mol. The van der Waals surface area contributed by atoms with Gasteiger partial charge in [0.15, 0.2) is 0 Å². The lowest BCUT2D eigenvalue weighted by molar-refractivity contribution is -0.0447. The molecule has 1 aliphatic heterocycles. The second kappa shape index (κ2) is 6.15. The fourth-order valence-electron chi connectivity index (χ4n) is 2.69. The van der Waals surface area contributed by atoms with Crippen LogP contribution in [0.2, 0.25) is 0 Å². The van der Waals surface area contributed by atoms with E-state index in [-0.39, 0.29) is 23.6 Å². The number of pyridine rings is 1. The minimum atomic E-state index is -0.216. The lowest BCUT2D eigenvalue weighted by atomic mass is 10.0. The van der Waals surface area contributed by atoms with E-state index in [0.717, 1.165) is 5.56 Å². The number of morpholine rings is 1. The van der Waals surface area contributed by atoms with Crippen molar-refractivity contribution in [2.24, 2.45) is 0 Å². The average molecular weight is 298 g/mol. The Bertz CT molecular complexity index is 691. The molecule has 5 heteroatoms. The smallest absolute Gasteiger partial charge is 0.256 e. The number of hydrogen-bond donors (Lipinski definition) is 1. The van der Waals surface area contributed by atoms with Crippen molar-refractivity contribution in [3.63, 3.8) is 0 Å². The van der Waals surface area contributed by atoms with Crippen LogP contribution in [0.1, 0.15) is 28.9 Å². The zero-order valence-electron chi connectivity index (χ0n) is 12.4. The summed E-state index contributed by atoms with van der Waals surface area (Å²) in [6.45, 7) is 2.95. The number of ether oxygens (including phenoxy) is 1. The number of rotatable bonds is 2. The summed E-state index contributed by atoms with van der Waals surface area (Å²) in [7, 11) is 0. The number of carbonyl (C=O) groups excluding carboxylic acids is 1. The molecule has 3 rings (SSSR count). The quantitative estimate of drug-likeness (QED) is 0.922. The Hall–Kier alpha value is -2.40. The van der Waals surface area contributed by atoms with Gasteiger partial charge in [-0.25, -0.2) is 0 Å². The molecule has 1 N–H and O–H groups in total. The summed E-state index contributed by atoms with van der Waals surface area (Å²) in [4.78, 5) is 28.3. The highest BCUT2D eigenvalue weighted by Crippen LogP contribution is 2.27. The molecule has 0 radical (unpaired) electrons. The van der Waals surface area contributed by atoms with Crippen LogP contribution >= 0.6 is 0 Å². The van der Waals surface area contributed by atoms with Gasteiger partial charge < -0.3 is 14.6 Å². The van der Waals surface area contributed by atoms with Gasteiger partial charge in [0.2, 0.25) is 5.56 Å². The summed E-state index contributed by atoms with van der Waals surface area (Å²) in [6.07, 6.45) is 1.46. The Morgan fingerprint density at radius 2 is 2.00 bits per heavy atom. The molecule has 2 heterocycles. The topological polar surface area (TPSA) is 62.4 Å². The molecule has 1 amide bonds. The summed E-state index contributed by atoms with van der Waals surface area (Å²) in [5, 5.41) is 0. The Morgan fingerprint density at radius 3 is 2.68 bits per heavy atom. The van der Waals surface area contributed by atoms with Gasteiger partial charge >= 0.3 is 0 Å². The molecule has 2 aromatic rings. The molecule has 0 aliphatic carbocycles. The number of H-pyrrole nitrogens is 1. The summed E-state index contributed by atoms with van der Waals surface area (Å²) >= 11 is 0. The highest BCUT2D eigenvalue weighted by atomic mass is 16.5. The van der Waals surface area contributed by atoms with E-state index in [1.807, 2.05) is 42.2 Å². The van der Waals surface area contributed by atoms with Gasteiger partial charge in [0.05, 0.1) is 24.3 Å². The number of benzene rings is 1. The number of nitrogens with one attached hydrogen (secondary N) is 1. The van der Waals surface area contributed by atoms with Crippen LogP contribution in [0.15, 0.2) is 53.5 Å². The van der Waals surface area contributed by atoms with Crippen molar-refractivity contribution in [2.75, 3.05) is 13.2 Å². The lowest BCUT2D eigenvalue weighted by Crippen LogP contribution is -2.46. The van der Waals surface area contributed by atoms with E-state index >= 15 is 0 Å². The lowest BCUT2D eigenvalue weighted by Gasteiger charge is -2.39. The maximum absolute atomic E-state index is 12.8. The van der Waals surface area contributed by atoms with E-state index < -0.39 is 0 Å². The summed E-state index contributed by atoms with van der Waals surface area (Å²) in [6, 6.07) is 12.7. The molecule has 1 aromatic heterocycles. The normalized spacial score (nSPS) is 21.6. The molecule has 5 nitrogen and oxygen atoms in total. The van der Waals surface area contributed by atoms with E-state index in [4.69, 9.17) is 4.74 Å². The van der Waals surface area contributed by atoms with E-state index in [1.165, 1.54) is 12.3 Å². The van der Waals surface area contributed by atoms with Gasteiger partial charge in [0.1, 0.15) is 0 Å². The minimum absolute atomic E-state index is 0.00771. The maximum Gasteiger partial charge on any atom is 0.256 e. The van der Waals surface area contributed by atoms with E-state index in [2.05, 4.69) is 4.98 Å². The van der Waals surface area contributed by atoms with Crippen molar-refractivity contribution in [3.8, 4) is 0 Å². The highest BCUT2D eigenvalue weighted by molar-refractivity contribution is 5.94. The van der Waals surface area contributed by atoms with Crippen molar-refractivity contribution in [1.82, 2.24) is 9.88 Å². The van der Waals surface area contributed by atoms with Gasteiger partial charge in [-0.05, 0) is 18.6 Å². The van der Waals surface area contributed by atoms with Crippen LogP contribution in [0.3, 0.4) is 0 Å². The molecular weight excluding hydrogens is 280 g/mol. The van der Waals surface area contributed by atoms with Crippen LogP contribution in [0.5, 0.6) is 0 Å². The van der Waals surface area contributed by atoms with Crippen molar-refractivity contribution in [1.29, 1.82) is 0 Å². The third-order valence-corrected chi connectivity index (χ3v) is 3.84. The van der Waals surface area contributed by atoms with Crippen LogP contribution in [-0.2, 0) is 4.74 Å². The molecule has 1 fully saturated rings. The number of hydrogen-bond acceptors (Lipinski definition) is 3. The fourth-order valence-corrected chi connectivity index (χ4v) is 2.69. The third kappa shape index (κ3) is 2.94. The molecule has 0 unspecified atom stereocenters. The van der Waals surface area contributed by atoms with Crippen LogP contribution in [0.4, 0.5) is 0 Å². The van der Waals surface area contributed by atoms with Crippen LogP contribution < -0.4 is 5.56 Å². The first-order valence-electron chi connectivity index (χ1n) is 7.31. The Balaban J connectivity index is 1.91. The number of aromatic nitrogens is 1. The largest absolute Gasteiger partial charge is 0.374 e. The summed E-state index contributed by atoms with van der Waals surface area (Å²) in [5.74, 6) is -0.0970. The molecule has 0 spiro atoms. The zero-order valence-corrected chi connectivity index (χ0v) is 12.4. The Labute approximate surface area is 128 Å². The first-order chi connectivity index (χ1) is 10.6. The van der Waals surface area contributed by atoms with Gasteiger partial charge in [0, 0.05) is 18.8 Å². The van der Waals surface area contributed by atoms with Gasteiger partial charge in [-0.1, -0.05) is 30.3 Å².